The fraction of sp³-hybridized carbons (Fsp3) is 0.211. The second-order valence-electron chi connectivity index (χ2n) is 5.26. The van der Waals surface area contributed by atoms with Crippen LogP contribution in [0.3, 0.4) is 0 Å². The molecule has 2 aromatic carbocycles. The summed E-state index contributed by atoms with van der Waals surface area (Å²) in [5.41, 5.74) is 0. The molecule has 0 spiro atoms. The minimum absolute atomic E-state index is 0.0389. The summed E-state index contributed by atoms with van der Waals surface area (Å²) in [5.74, 6) is 2.28. The van der Waals surface area contributed by atoms with Crippen molar-refractivity contribution < 1.29 is 34.4 Å². The molecule has 0 amide bonds. The number of ether oxygens (including phenoxy) is 1. The number of nitrogens with zero attached hydrogens (tertiary/aromatic N) is 2. The second kappa shape index (κ2) is 9.53. The maximum atomic E-state index is 12.1. The van der Waals surface area contributed by atoms with Crippen molar-refractivity contribution in [1.29, 1.82) is 5.26 Å². The molecule has 0 aliphatic carbocycles. The van der Waals surface area contributed by atoms with Crippen LogP contribution in [0.15, 0.2) is 58.3 Å². The number of unbranched alkanes of at least 4 members (excludes halogenated alkanes) is 1. The average molecular weight is 480 g/mol. The van der Waals surface area contributed by atoms with E-state index in [0.29, 0.717) is 6.61 Å². The zero-order valence-electron chi connectivity index (χ0n) is 14.1. The van der Waals surface area contributed by atoms with Crippen LogP contribution in [0, 0.1) is 18.5 Å². The first-order chi connectivity index (χ1) is 12.5. The Hall–Kier alpha value is -2.14. The Balaban J connectivity index is 2.08. The summed E-state index contributed by atoms with van der Waals surface area (Å²) in [7, 11) is -4.02. The van der Waals surface area contributed by atoms with Crippen molar-refractivity contribution in [2.24, 2.45) is 0 Å². The Morgan fingerprint density at radius 2 is 1.69 bits per heavy atom. The van der Waals surface area contributed by atoms with E-state index < -0.39 is 35.9 Å². The number of hydrogen-bond donors (Lipinski definition) is 0. The van der Waals surface area contributed by atoms with Gasteiger partial charge in [-0.2, -0.15) is 0 Å². The van der Waals surface area contributed by atoms with Gasteiger partial charge in [-0.1, -0.05) is 0 Å². The molecule has 5 nitrogen and oxygen atoms in total. The molecule has 2 aromatic rings. The average Bonchev–Trinajstić information content (AvgIpc) is 2.64. The number of sulfone groups is 1. The summed E-state index contributed by atoms with van der Waals surface area (Å²) in [6.45, 7) is 2.83. The summed E-state index contributed by atoms with van der Waals surface area (Å²) in [6, 6.07) is 15.7. The predicted molar refractivity (Wildman–Crippen MR) is 95.4 cm³/mol. The van der Waals surface area contributed by atoms with Gasteiger partial charge in [-0.05, 0) is 0 Å². The second-order valence-corrected chi connectivity index (χ2v) is 10.2. The van der Waals surface area contributed by atoms with Gasteiger partial charge >= 0.3 is 164 Å². The van der Waals surface area contributed by atoms with Gasteiger partial charge in [-0.3, -0.25) is 0 Å². The van der Waals surface area contributed by atoms with E-state index in [2.05, 4.69) is 6.92 Å². The molecule has 0 N–H and O–H groups in total. The van der Waals surface area contributed by atoms with Gasteiger partial charge in [0.15, 0.2) is 0 Å². The third-order valence-corrected chi connectivity index (χ3v) is 7.69. The monoisotopic (exact) mass is 480 g/mol. The Morgan fingerprint density at radius 1 is 1.12 bits per heavy atom. The van der Waals surface area contributed by atoms with Gasteiger partial charge in [0.05, 0.1) is 0 Å². The van der Waals surface area contributed by atoms with Crippen molar-refractivity contribution in [2.45, 2.75) is 24.7 Å². The third kappa shape index (κ3) is 5.18. The number of allylic oxidation sites excluding steroid dienone is 1. The fourth-order valence-corrected chi connectivity index (χ4v) is 5.12. The van der Waals surface area contributed by atoms with Crippen molar-refractivity contribution in [3.8, 4) is 11.8 Å². The molecule has 0 unspecified atom stereocenters. The van der Waals surface area contributed by atoms with Gasteiger partial charge in [0.2, 0.25) is 0 Å². The molecule has 2 rings (SSSR count). The van der Waals surface area contributed by atoms with E-state index in [-0.39, 0.29) is 4.90 Å². The zero-order valence-corrected chi connectivity index (χ0v) is 17.1. The summed E-state index contributed by atoms with van der Waals surface area (Å²) in [5, 5.41) is 17.5. The summed E-state index contributed by atoms with van der Waals surface area (Å²) in [6.07, 6.45) is 2.12. The predicted octanol–water partition coefficient (Wildman–Crippen LogP) is 0.414. The van der Waals surface area contributed by atoms with E-state index in [1.165, 1.54) is 27.6 Å². The molecule has 0 aliphatic heterocycles. The van der Waals surface area contributed by atoms with Crippen LogP contribution in [0.2, 0.25) is 0 Å². The van der Waals surface area contributed by atoms with E-state index in [0.717, 1.165) is 22.2 Å². The molecule has 0 saturated carbocycles. The van der Waals surface area contributed by atoms with Gasteiger partial charge in [0.25, 0.3) is 0 Å². The number of benzene rings is 2. The molecule has 0 radical (unpaired) electrons. The van der Waals surface area contributed by atoms with Gasteiger partial charge in [0.1, 0.15) is 0 Å². The molecule has 0 aliphatic rings. The maximum absolute atomic E-state index is 12.1. The number of hydrogen-bond acceptors (Lipinski definition) is 4. The molecule has 26 heavy (non-hydrogen) atoms. The van der Waals surface area contributed by atoms with Crippen LogP contribution in [0.1, 0.15) is 19.8 Å². The molecule has 0 saturated heterocycles. The summed E-state index contributed by atoms with van der Waals surface area (Å²) < 4.78 is 32.1. The number of nitriles is 1. The van der Waals surface area contributed by atoms with E-state index in [9.17, 15) is 8.42 Å². The molecule has 0 atom stereocenters. The van der Waals surface area contributed by atoms with Crippen LogP contribution in [0.5, 0.6) is 5.75 Å². The third-order valence-electron chi connectivity index (χ3n) is 3.39. The van der Waals surface area contributed by atoms with Crippen molar-refractivity contribution in [2.75, 3.05) is 6.61 Å². The SMILES string of the molecule is CCCCOc1ccc([I-]c2ccc(S(=O)(=O)C(=C=[N-])C#N)cc2)cc1. The van der Waals surface area contributed by atoms with Crippen LogP contribution in [-0.2, 0) is 9.84 Å². The molecule has 0 bridgehead atoms. The summed E-state index contributed by atoms with van der Waals surface area (Å²) >= 11 is -0.461. The van der Waals surface area contributed by atoms with Crippen molar-refractivity contribution in [3.63, 3.8) is 0 Å². The normalized spacial score (nSPS) is 10.8. The number of rotatable bonds is 8. The fourth-order valence-electron chi connectivity index (χ4n) is 1.99. The topological polar surface area (TPSA) is 89.5 Å². The molecule has 0 fully saturated rings. The Kier molecular flexibility index (Phi) is 7.39. The van der Waals surface area contributed by atoms with Gasteiger partial charge in [-0.25, -0.2) is 0 Å². The van der Waals surface area contributed by atoms with Crippen LogP contribution in [0.25, 0.3) is 5.41 Å². The van der Waals surface area contributed by atoms with E-state index in [4.69, 9.17) is 15.4 Å². The van der Waals surface area contributed by atoms with E-state index in [1.807, 2.05) is 24.3 Å². The molecular weight excluding hydrogens is 463 g/mol. The minimum atomic E-state index is -4.02. The van der Waals surface area contributed by atoms with Gasteiger partial charge < -0.3 is 0 Å². The quantitative estimate of drug-likeness (QED) is 0.237. The molecule has 7 heteroatoms. The van der Waals surface area contributed by atoms with E-state index in [1.54, 1.807) is 12.1 Å². The standard InChI is InChI=1S/C19H17IN2O3S/c1-2-3-12-25-17-8-4-15(5-9-17)20-16-6-10-18(11-7-16)26(23,24)19(13-21)14-22/h4-11H,2-3,12H2,1H3/q-2. The van der Waals surface area contributed by atoms with E-state index >= 15 is 0 Å². The first-order valence-electron chi connectivity index (χ1n) is 7.91. The van der Waals surface area contributed by atoms with Crippen LogP contribution < -0.4 is 25.9 Å². The summed E-state index contributed by atoms with van der Waals surface area (Å²) in [4.78, 5) is -0.832. The van der Waals surface area contributed by atoms with Crippen LogP contribution >= 0.6 is 0 Å². The molecule has 136 valence electrons. The van der Waals surface area contributed by atoms with Crippen LogP contribution in [0.4, 0.5) is 0 Å². The first kappa shape index (κ1) is 20.2. The first-order valence-corrected chi connectivity index (χ1v) is 11.6. The Bertz CT molecular complexity index is 940. The van der Waals surface area contributed by atoms with Crippen molar-refractivity contribution >= 4 is 15.7 Å². The Morgan fingerprint density at radius 3 is 2.19 bits per heavy atom. The van der Waals surface area contributed by atoms with Crippen LogP contribution in [-0.4, -0.2) is 20.9 Å². The molecular formula is C19H17IN2O3S-2. The molecule has 0 heterocycles. The van der Waals surface area contributed by atoms with Gasteiger partial charge in [-0.15, -0.1) is 0 Å². The molecule has 0 aromatic heterocycles. The number of halogens is 1. The van der Waals surface area contributed by atoms with Crippen molar-refractivity contribution in [3.05, 3.63) is 66.0 Å². The van der Waals surface area contributed by atoms with Gasteiger partial charge in [0, 0.05) is 0 Å². The zero-order chi connectivity index (χ0) is 19.0. The Labute approximate surface area is 164 Å². The van der Waals surface area contributed by atoms with Crippen molar-refractivity contribution in [1.82, 2.24) is 0 Å².